The summed E-state index contributed by atoms with van der Waals surface area (Å²) in [6.45, 7) is 3.21. The Morgan fingerprint density at radius 2 is 2.33 bits per heavy atom. The molecule has 0 radical (unpaired) electrons. The van der Waals surface area contributed by atoms with Crippen LogP contribution in [0.1, 0.15) is 6.42 Å². The van der Waals surface area contributed by atoms with E-state index in [2.05, 4.69) is 0 Å². The molecule has 0 aromatic rings. The number of nitrogens with zero attached hydrogens (tertiary/aromatic N) is 1. The molecule has 1 rings (SSSR count). The van der Waals surface area contributed by atoms with E-state index >= 15 is 0 Å². The fourth-order valence-corrected chi connectivity index (χ4v) is 1.98. The third-order valence-corrected chi connectivity index (χ3v) is 3.68. The summed E-state index contributed by atoms with van der Waals surface area (Å²) in [7, 11) is -0.511. The molecule has 0 aliphatic carbocycles. The van der Waals surface area contributed by atoms with E-state index in [0.717, 1.165) is 13.0 Å². The highest BCUT2D eigenvalue weighted by Crippen LogP contribution is 2.47. The van der Waals surface area contributed by atoms with Gasteiger partial charge in [0.15, 0.2) is 0 Å². The fraction of sp³-hybridized carbons (Fsp3) is 1.00. The summed E-state index contributed by atoms with van der Waals surface area (Å²) >= 11 is 0. The quantitative estimate of drug-likeness (QED) is 0.484. The van der Waals surface area contributed by atoms with Crippen molar-refractivity contribution in [3.05, 3.63) is 0 Å². The zero-order valence-electron chi connectivity index (χ0n) is 5.83. The lowest BCUT2D eigenvalue weighted by Gasteiger charge is -2.28. The van der Waals surface area contributed by atoms with Crippen LogP contribution < -0.4 is 0 Å². The minimum Gasteiger partial charge on any atom is -0.318 e. The largest absolute Gasteiger partial charge is 0.318 e. The predicted molar refractivity (Wildman–Crippen MR) is 36.7 cm³/mol. The van der Waals surface area contributed by atoms with E-state index in [1.165, 1.54) is 0 Å². The molecule has 1 unspecified atom stereocenters. The molecule has 0 amide bonds. The zero-order chi connectivity index (χ0) is 6.91. The van der Waals surface area contributed by atoms with Crippen LogP contribution in [0.5, 0.6) is 0 Å². The van der Waals surface area contributed by atoms with Crippen molar-refractivity contribution in [3.63, 3.8) is 0 Å². The number of rotatable bonds is 0. The summed E-state index contributed by atoms with van der Waals surface area (Å²) in [5, 5.41) is 0. The first-order valence-electron chi connectivity index (χ1n) is 3.06. The molecule has 54 valence electrons. The van der Waals surface area contributed by atoms with Gasteiger partial charge in [-0.1, -0.05) is 0 Å². The van der Waals surface area contributed by atoms with Gasteiger partial charge in [-0.15, -0.1) is 0 Å². The second-order valence-corrected chi connectivity index (χ2v) is 4.92. The van der Waals surface area contributed by atoms with E-state index in [-0.39, 0.29) is 0 Å². The first kappa shape index (κ1) is 7.26. The lowest BCUT2D eigenvalue weighted by atomic mass is 10.5. The van der Waals surface area contributed by atoms with E-state index in [1.807, 2.05) is 7.05 Å². The third kappa shape index (κ3) is 1.54. The Kier molecular flexibility index (Phi) is 1.94. The molecule has 1 fully saturated rings. The van der Waals surface area contributed by atoms with E-state index in [4.69, 9.17) is 4.52 Å². The molecule has 3 nitrogen and oxygen atoms in total. The molecule has 0 spiro atoms. The summed E-state index contributed by atoms with van der Waals surface area (Å²) in [6, 6.07) is 0. The van der Waals surface area contributed by atoms with Crippen LogP contribution in [0.2, 0.25) is 0 Å². The van der Waals surface area contributed by atoms with Crippen LogP contribution in [0.4, 0.5) is 0 Å². The van der Waals surface area contributed by atoms with Gasteiger partial charge in [-0.3, -0.25) is 4.57 Å². The molecule has 1 aliphatic rings. The molecular formula is C5H12NO2P. The van der Waals surface area contributed by atoms with E-state index < -0.39 is 7.52 Å². The molecule has 0 N–H and O–H groups in total. The third-order valence-electron chi connectivity index (χ3n) is 1.58. The normalized spacial score (nSPS) is 38.9. The second-order valence-electron chi connectivity index (χ2n) is 2.37. The maximum Gasteiger partial charge on any atom is 0.269 e. The smallest absolute Gasteiger partial charge is 0.269 e. The van der Waals surface area contributed by atoms with Crippen LogP contribution in [-0.4, -0.2) is 31.5 Å². The number of hydrogen-bond donors (Lipinski definition) is 0. The van der Waals surface area contributed by atoms with Crippen LogP contribution in [-0.2, 0) is 9.09 Å². The minimum atomic E-state index is -2.34. The first-order valence-corrected chi connectivity index (χ1v) is 5.09. The Hall–Kier alpha value is 0.150. The van der Waals surface area contributed by atoms with Crippen LogP contribution in [0.3, 0.4) is 0 Å². The van der Waals surface area contributed by atoms with E-state index in [0.29, 0.717) is 6.61 Å². The Balaban J connectivity index is 2.60. The summed E-state index contributed by atoms with van der Waals surface area (Å²) in [6.07, 6.45) is 0.994. The number of hydrogen-bond acceptors (Lipinski definition) is 2. The molecule has 9 heavy (non-hydrogen) atoms. The van der Waals surface area contributed by atoms with Gasteiger partial charge in [-0.05, 0) is 13.5 Å². The first-order chi connectivity index (χ1) is 4.13. The van der Waals surface area contributed by atoms with Crippen LogP contribution in [0, 0.1) is 0 Å². The van der Waals surface area contributed by atoms with Gasteiger partial charge in [0.25, 0.3) is 7.52 Å². The molecule has 4 heteroatoms. The van der Waals surface area contributed by atoms with Crippen molar-refractivity contribution < 1.29 is 9.09 Å². The molecule has 1 aliphatic heterocycles. The van der Waals surface area contributed by atoms with E-state index in [9.17, 15) is 4.57 Å². The summed E-state index contributed by atoms with van der Waals surface area (Å²) in [5.74, 6) is 0. The van der Waals surface area contributed by atoms with Crippen molar-refractivity contribution in [1.29, 1.82) is 0 Å². The van der Waals surface area contributed by atoms with Gasteiger partial charge in [0, 0.05) is 13.2 Å². The summed E-state index contributed by atoms with van der Waals surface area (Å²) in [5.41, 5.74) is 0. The molecule has 1 atom stereocenters. The van der Waals surface area contributed by atoms with Gasteiger partial charge in [0.1, 0.15) is 0 Å². The van der Waals surface area contributed by atoms with Crippen molar-refractivity contribution in [1.82, 2.24) is 4.67 Å². The van der Waals surface area contributed by atoms with Crippen molar-refractivity contribution in [2.45, 2.75) is 6.42 Å². The van der Waals surface area contributed by atoms with Gasteiger partial charge in [0.05, 0.1) is 6.61 Å². The molecule has 1 heterocycles. The van der Waals surface area contributed by atoms with Gasteiger partial charge in [-0.25, -0.2) is 4.67 Å². The molecular weight excluding hydrogens is 137 g/mol. The fourth-order valence-electron chi connectivity index (χ4n) is 0.808. The average Bonchev–Trinajstić information content (AvgIpc) is 1.77. The van der Waals surface area contributed by atoms with Crippen LogP contribution >= 0.6 is 7.52 Å². The maximum atomic E-state index is 11.3. The van der Waals surface area contributed by atoms with Gasteiger partial charge < -0.3 is 4.52 Å². The molecule has 0 bridgehead atoms. The summed E-state index contributed by atoms with van der Waals surface area (Å²) in [4.78, 5) is 0. The van der Waals surface area contributed by atoms with Crippen molar-refractivity contribution in [3.8, 4) is 0 Å². The highest BCUT2D eigenvalue weighted by Gasteiger charge is 2.25. The molecule has 1 saturated heterocycles. The Morgan fingerprint density at radius 3 is 2.67 bits per heavy atom. The van der Waals surface area contributed by atoms with Crippen molar-refractivity contribution in [2.24, 2.45) is 0 Å². The monoisotopic (exact) mass is 149 g/mol. The van der Waals surface area contributed by atoms with Gasteiger partial charge >= 0.3 is 0 Å². The van der Waals surface area contributed by atoms with E-state index in [1.54, 1.807) is 11.3 Å². The van der Waals surface area contributed by atoms with Crippen molar-refractivity contribution in [2.75, 3.05) is 26.9 Å². The molecule has 0 aromatic carbocycles. The Labute approximate surface area is 55.5 Å². The zero-order valence-corrected chi connectivity index (χ0v) is 6.73. The highest BCUT2D eigenvalue weighted by molar-refractivity contribution is 7.55. The summed E-state index contributed by atoms with van der Waals surface area (Å²) < 4.78 is 18.1. The highest BCUT2D eigenvalue weighted by atomic mass is 31.2. The average molecular weight is 149 g/mol. The van der Waals surface area contributed by atoms with Crippen LogP contribution in [0.25, 0.3) is 0 Å². The SMILES string of the molecule is CN1CCCOP1(C)=O. The van der Waals surface area contributed by atoms with Crippen LogP contribution in [0.15, 0.2) is 0 Å². The predicted octanol–water partition coefficient (Wildman–Crippen LogP) is 1.16. The van der Waals surface area contributed by atoms with Gasteiger partial charge in [0.2, 0.25) is 0 Å². The van der Waals surface area contributed by atoms with Gasteiger partial charge in [-0.2, -0.15) is 0 Å². The minimum absolute atomic E-state index is 0.651. The molecule has 0 saturated carbocycles. The topological polar surface area (TPSA) is 29.5 Å². The maximum absolute atomic E-state index is 11.3. The standard InChI is InChI=1S/C5H12NO2P/c1-6-4-3-5-8-9(6,2)7/h3-5H2,1-2H3. The second kappa shape index (κ2) is 2.41. The lowest BCUT2D eigenvalue weighted by molar-refractivity contribution is 0.226. The van der Waals surface area contributed by atoms with Crippen molar-refractivity contribution >= 4 is 7.52 Å². The molecule has 0 aromatic heterocycles. The Bertz CT molecular complexity index is 148. The Morgan fingerprint density at radius 1 is 1.67 bits per heavy atom. The lowest BCUT2D eigenvalue weighted by Crippen LogP contribution is -2.23.